The summed E-state index contributed by atoms with van der Waals surface area (Å²) in [5.74, 6) is 0. The van der Waals surface area contributed by atoms with Gasteiger partial charge in [0.05, 0.1) is 0 Å². The summed E-state index contributed by atoms with van der Waals surface area (Å²) in [6.07, 6.45) is 4.20. The first-order valence-corrected chi connectivity index (χ1v) is 3.56. The minimum absolute atomic E-state index is 0.122. The van der Waals surface area contributed by atoms with Crippen molar-refractivity contribution in [1.29, 1.82) is 0 Å². The van der Waals surface area contributed by atoms with Gasteiger partial charge in [0.15, 0.2) is 6.29 Å². The van der Waals surface area contributed by atoms with Crippen LogP contribution in [0.15, 0.2) is 0 Å². The third-order valence-corrected chi connectivity index (χ3v) is 1.61. The van der Waals surface area contributed by atoms with Crippen molar-refractivity contribution in [3.8, 4) is 0 Å². The molecular formula is C7H14O2. The minimum atomic E-state index is 0.122. The van der Waals surface area contributed by atoms with Crippen LogP contribution in [0.2, 0.25) is 0 Å². The van der Waals surface area contributed by atoms with Gasteiger partial charge in [-0.2, -0.15) is 0 Å². The van der Waals surface area contributed by atoms with Gasteiger partial charge in [-0.15, -0.1) is 0 Å². The van der Waals surface area contributed by atoms with E-state index in [-0.39, 0.29) is 6.29 Å². The Morgan fingerprint density at radius 3 is 2.78 bits per heavy atom. The molecular weight excluding hydrogens is 116 g/mol. The summed E-state index contributed by atoms with van der Waals surface area (Å²) in [5.41, 5.74) is 0. The van der Waals surface area contributed by atoms with E-state index in [0.29, 0.717) is 6.10 Å². The quantitative estimate of drug-likeness (QED) is 0.538. The molecule has 1 rings (SSSR count). The molecule has 1 aliphatic heterocycles. The lowest BCUT2D eigenvalue weighted by Gasteiger charge is -1.89. The predicted octanol–water partition coefficient (Wildman–Crippen LogP) is 1.55. The zero-order chi connectivity index (χ0) is 6.69. The fourth-order valence-corrected chi connectivity index (χ4v) is 0.944. The van der Waals surface area contributed by atoms with E-state index < -0.39 is 0 Å². The Morgan fingerprint density at radius 1 is 1.56 bits per heavy atom. The molecule has 2 atom stereocenters. The number of ether oxygens (including phenoxy) is 2. The average molecular weight is 130 g/mol. The summed E-state index contributed by atoms with van der Waals surface area (Å²) in [4.78, 5) is 0. The van der Waals surface area contributed by atoms with Crippen molar-refractivity contribution in [3.05, 3.63) is 0 Å². The Hall–Kier alpha value is -0.0800. The second-order valence-corrected chi connectivity index (χ2v) is 2.42. The van der Waals surface area contributed by atoms with Crippen LogP contribution in [0.4, 0.5) is 0 Å². The molecule has 54 valence electrons. The van der Waals surface area contributed by atoms with Crippen LogP contribution in [-0.4, -0.2) is 19.5 Å². The Bertz CT molecular complexity index is 83.0. The molecule has 0 aromatic heterocycles. The van der Waals surface area contributed by atoms with Crippen molar-refractivity contribution >= 4 is 0 Å². The number of unbranched alkanes of at least 4 members (excludes halogenated alkanes) is 1. The SMILES string of the molecule is CCCC[C@@H]1O[C@@H]1OC. The number of hydrogen-bond acceptors (Lipinski definition) is 2. The molecule has 0 radical (unpaired) electrons. The third-order valence-electron chi connectivity index (χ3n) is 1.61. The maximum absolute atomic E-state index is 5.15. The molecule has 0 saturated carbocycles. The van der Waals surface area contributed by atoms with Gasteiger partial charge in [0.1, 0.15) is 6.10 Å². The Morgan fingerprint density at radius 2 is 2.33 bits per heavy atom. The smallest absolute Gasteiger partial charge is 0.184 e. The molecule has 1 aliphatic rings. The van der Waals surface area contributed by atoms with Crippen molar-refractivity contribution in [2.24, 2.45) is 0 Å². The molecule has 0 aromatic carbocycles. The summed E-state index contributed by atoms with van der Waals surface area (Å²) in [5, 5.41) is 0. The van der Waals surface area contributed by atoms with E-state index in [2.05, 4.69) is 6.92 Å². The van der Waals surface area contributed by atoms with Gasteiger partial charge in [-0.1, -0.05) is 19.8 Å². The van der Waals surface area contributed by atoms with Gasteiger partial charge in [0.2, 0.25) is 0 Å². The average Bonchev–Trinajstić information content (AvgIpc) is 2.62. The zero-order valence-corrected chi connectivity index (χ0v) is 6.09. The van der Waals surface area contributed by atoms with Crippen LogP contribution in [0.3, 0.4) is 0 Å². The maximum atomic E-state index is 5.15. The van der Waals surface area contributed by atoms with Crippen LogP contribution in [0.5, 0.6) is 0 Å². The maximum Gasteiger partial charge on any atom is 0.184 e. The lowest BCUT2D eigenvalue weighted by atomic mass is 10.2. The Balaban J connectivity index is 1.92. The summed E-state index contributed by atoms with van der Waals surface area (Å²) < 4.78 is 10.1. The number of rotatable bonds is 4. The number of epoxide rings is 1. The standard InChI is InChI=1S/C7H14O2/c1-3-4-5-6-7(8-2)9-6/h6-7H,3-5H2,1-2H3/t6-,7-/m0/s1. The molecule has 2 nitrogen and oxygen atoms in total. The van der Waals surface area contributed by atoms with Crippen LogP contribution in [-0.2, 0) is 9.47 Å². The lowest BCUT2D eigenvalue weighted by Crippen LogP contribution is -1.94. The largest absolute Gasteiger partial charge is 0.353 e. The molecule has 1 saturated heterocycles. The molecule has 0 bridgehead atoms. The summed E-state index contributed by atoms with van der Waals surface area (Å²) in [6, 6.07) is 0. The lowest BCUT2D eigenvalue weighted by molar-refractivity contribution is 0.0950. The Labute approximate surface area is 56.2 Å². The van der Waals surface area contributed by atoms with Gasteiger partial charge in [-0.3, -0.25) is 0 Å². The van der Waals surface area contributed by atoms with E-state index in [9.17, 15) is 0 Å². The molecule has 0 N–H and O–H groups in total. The highest BCUT2D eigenvalue weighted by Gasteiger charge is 2.37. The predicted molar refractivity (Wildman–Crippen MR) is 35.2 cm³/mol. The molecule has 0 amide bonds. The van der Waals surface area contributed by atoms with Gasteiger partial charge in [-0.05, 0) is 6.42 Å². The van der Waals surface area contributed by atoms with E-state index >= 15 is 0 Å². The van der Waals surface area contributed by atoms with Crippen molar-refractivity contribution in [2.75, 3.05) is 7.11 Å². The molecule has 0 aromatic rings. The van der Waals surface area contributed by atoms with Crippen LogP contribution in [0.1, 0.15) is 26.2 Å². The molecule has 1 heterocycles. The fourth-order valence-electron chi connectivity index (χ4n) is 0.944. The van der Waals surface area contributed by atoms with E-state index in [1.807, 2.05) is 0 Å². The summed E-state index contributed by atoms with van der Waals surface area (Å²) in [7, 11) is 1.69. The van der Waals surface area contributed by atoms with E-state index in [1.165, 1.54) is 12.8 Å². The normalized spacial score (nSPS) is 32.7. The van der Waals surface area contributed by atoms with Crippen LogP contribution in [0.25, 0.3) is 0 Å². The van der Waals surface area contributed by atoms with Crippen molar-refractivity contribution < 1.29 is 9.47 Å². The van der Waals surface area contributed by atoms with Gasteiger partial charge in [0, 0.05) is 7.11 Å². The van der Waals surface area contributed by atoms with Crippen LogP contribution >= 0.6 is 0 Å². The molecule has 9 heavy (non-hydrogen) atoms. The van der Waals surface area contributed by atoms with Gasteiger partial charge < -0.3 is 9.47 Å². The molecule has 0 spiro atoms. The van der Waals surface area contributed by atoms with Crippen molar-refractivity contribution in [3.63, 3.8) is 0 Å². The van der Waals surface area contributed by atoms with Crippen LogP contribution in [0, 0.1) is 0 Å². The highest BCUT2D eigenvalue weighted by molar-refractivity contribution is 4.75. The highest BCUT2D eigenvalue weighted by atomic mass is 16.8. The summed E-state index contributed by atoms with van der Waals surface area (Å²) in [6.45, 7) is 2.18. The van der Waals surface area contributed by atoms with Gasteiger partial charge in [-0.25, -0.2) is 0 Å². The zero-order valence-electron chi connectivity index (χ0n) is 6.09. The minimum Gasteiger partial charge on any atom is -0.353 e. The fraction of sp³-hybridized carbons (Fsp3) is 1.00. The van der Waals surface area contributed by atoms with Crippen molar-refractivity contribution in [2.45, 2.75) is 38.6 Å². The Kier molecular flexibility index (Phi) is 2.49. The number of methoxy groups -OCH3 is 1. The third kappa shape index (κ3) is 1.95. The first-order chi connectivity index (χ1) is 4.38. The topological polar surface area (TPSA) is 21.8 Å². The van der Waals surface area contributed by atoms with E-state index in [0.717, 1.165) is 6.42 Å². The first-order valence-electron chi connectivity index (χ1n) is 3.56. The second-order valence-electron chi connectivity index (χ2n) is 2.42. The molecule has 0 unspecified atom stereocenters. The molecule has 0 aliphatic carbocycles. The number of hydrogen-bond donors (Lipinski definition) is 0. The highest BCUT2D eigenvalue weighted by Crippen LogP contribution is 2.26. The monoisotopic (exact) mass is 130 g/mol. The van der Waals surface area contributed by atoms with Gasteiger partial charge >= 0.3 is 0 Å². The molecule has 1 fully saturated rings. The second kappa shape index (κ2) is 3.18. The summed E-state index contributed by atoms with van der Waals surface area (Å²) >= 11 is 0. The van der Waals surface area contributed by atoms with E-state index in [4.69, 9.17) is 9.47 Å². The van der Waals surface area contributed by atoms with Crippen molar-refractivity contribution in [1.82, 2.24) is 0 Å². The molecule has 2 heteroatoms. The van der Waals surface area contributed by atoms with Crippen LogP contribution < -0.4 is 0 Å². The van der Waals surface area contributed by atoms with Gasteiger partial charge in [0.25, 0.3) is 0 Å². The first kappa shape index (κ1) is 7.03. The van der Waals surface area contributed by atoms with E-state index in [1.54, 1.807) is 7.11 Å².